The third-order valence-corrected chi connectivity index (χ3v) is 6.67. The second kappa shape index (κ2) is 6.43. The monoisotopic (exact) mass is 338 g/mol. The standard InChI is InChI=1S/C19H31NO4/c1-12-5-4-6-18(2)8-16-13(7-15(12)18)14(17(23)24-16)9-20-19(3,10-21)11-22/h7,12-14,16,20-22H,4-6,8-11H2,1-3H3/p+1/t12-,13+,14+,16+,18+/m0/s1. The number of hydrogen-bond acceptors (Lipinski definition) is 4. The number of allylic oxidation sites excluding steroid dienone is 1. The SMILES string of the molecule is C[C@H]1CCC[C@]2(C)C[C@H]3OC(=O)[C@H](C[NH2+]C(C)(CO)CO)[C@H]3C=C12. The van der Waals surface area contributed by atoms with Crippen LogP contribution in [0.3, 0.4) is 0 Å². The normalized spacial score (nSPS) is 39.0. The van der Waals surface area contributed by atoms with Gasteiger partial charge in [0, 0.05) is 5.92 Å². The fourth-order valence-electron chi connectivity index (χ4n) is 4.91. The summed E-state index contributed by atoms with van der Waals surface area (Å²) in [7, 11) is 0. The molecule has 4 N–H and O–H groups in total. The Bertz CT molecular complexity index is 527. The minimum atomic E-state index is -0.646. The molecule has 3 aliphatic rings. The van der Waals surface area contributed by atoms with Gasteiger partial charge in [-0.25, -0.2) is 0 Å². The summed E-state index contributed by atoms with van der Waals surface area (Å²) in [5, 5.41) is 20.8. The third-order valence-electron chi connectivity index (χ3n) is 6.67. The van der Waals surface area contributed by atoms with Crippen LogP contribution in [0.4, 0.5) is 0 Å². The maximum Gasteiger partial charge on any atom is 0.315 e. The summed E-state index contributed by atoms with van der Waals surface area (Å²) in [5.74, 6) is 0.425. The quantitative estimate of drug-likeness (QED) is 0.507. The number of ether oxygens (including phenoxy) is 1. The lowest BCUT2D eigenvalue weighted by Gasteiger charge is -2.45. The van der Waals surface area contributed by atoms with Crippen molar-refractivity contribution >= 4 is 5.97 Å². The number of carbonyl (C=O) groups excluding carboxylic acids is 1. The van der Waals surface area contributed by atoms with E-state index in [9.17, 15) is 15.0 Å². The van der Waals surface area contributed by atoms with Crippen LogP contribution in [0.1, 0.15) is 46.5 Å². The highest BCUT2D eigenvalue weighted by atomic mass is 16.6. The van der Waals surface area contributed by atoms with Crippen LogP contribution in [0, 0.1) is 23.2 Å². The Kier molecular flexibility index (Phi) is 4.80. The average Bonchev–Trinajstić information content (AvgIpc) is 2.84. The Hall–Kier alpha value is -0.910. The number of carbonyl (C=O) groups is 1. The summed E-state index contributed by atoms with van der Waals surface area (Å²) < 4.78 is 5.73. The minimum Gasteiger partial charge on any atom is -0.461 e. The number of esters is 1. The molecule has 5 atom stereocenters. The number of rotatable bonds is 5. The first-order chi connectivity index (χ1) is 11.3. The van der Waals surface area contributed by atoms with Gasteiger partial charge in [0.05, 0.1) is 19.8 Å². The van der Waals surface area contributed by atoms with Crippen molar-refractivity contribution in [2.24, 2.45) is 23.2 Å². The zero-order valence-electron chi connectivity index (χ0n) is 15.1. The highest BCUT2D eigenvalue weighted by Crippen LogP contribution is 2.53. The molecule has 24 heavy (non-hydrogen) atoms. The van der Waals surface area contributed by atoms with Gasteiger partial charge in [0.1, 0.15) is 17.6 Å². The molecule has 0 radical (unpaired) electrons. The molecule has 1 aliphatic heterocycles. The molecule has 1 saturated carbocycles. The van der Waals surface area contributed by atoms with Crippen LogP contribution >= 0.6 is 0 Å². The number of aliphatic hydroxyl groups excluding tert-OH is 2. The van der Waals surface area contributed by atoms with E-state index >= 15 is 0 Å². The van der Waals surface area contributed by atoms with Crippen molar-refractivity contribution in [2.75, 3.05) is 19.8 Å². The average molecular weight is 338 g/mol. The highest BCUT2D eigenvalue weighted by molar-refractivity contribution is 5.76. The summed E-state index contributed by atoms with van der Waals surface area (Å²) >= 11 is 0. The van der Waals surface area contributed by atoms with Crippen molar-refractivity contribution in [1.29, 1.82) is 0 Å². The lowest BCUT2D eigenvalue weighted by atomic mass is 9.59. The van der Waals surface area contributed by atoms with Crippen LogP contribution in [-0.4, -0.2) is 47.6 Å². The Morgan fingerprint density at radius 2 is 2.12 bits per heavy atom. The second-order valence-corrected chi connectivity index (χ2v) is 8.75. The highest BCUT2D eigenvalue weighted by Gasteiger charge is 2.52. The molecule has 0 spiro atoms. The molecule has 1 heterocycles. The molecule has 0 amide bonds. The Balaban J connectivity index is 1.79. The maximum atomic E-state index is 12.4. The zero-order valence-corrected chi connectivity index (χ0v) is 15.1. The molecule has 5 nitrogen and oxygen atoms in total. The number of fused-ring (bicyclic) bond motifs is 2. The van der Waals surface area contributed by atoms with Crippen LogP contribution < -0.4 is 5.32 Å². The van der Waals surface area contributed by atoms with Crippen molar-refractivity contribution < 1.29 is 25.1 Å². The number of hydrogen-bond donors (Lipinski definition) is 3. The van der Waals surface area contributed by atoms with Crippen LogP contribution in [0.2, 0.25) is 0 Å². The van der Waals surface area contributed by atoms with Gasteiger partial charge < -0.3 is 20.3 Å². The van der Waals surface area contributed by atoms with E-state index < -0.39 is 5.54 Å². The number of aliphatic hydroxyl groups is 2. The first-order valence-corrected chi connectivity index (χ1v) is 9.31. The Labute approximate surface area is 144 Å². The van der Waals surface area contributed by atoms with E-state index in [1.165, 1.54) is 24.8 Å². The lowest BCUT2D eigenvalue weighted by Crippen LogP contribution is -2.99. The molecule has 136 valence electrons. The van der Waals surface area contributed by atoms with Gasteiger partial charge in [-0.1, -0.05) is 31.9 Å². The van der Waals surface area contributed by atoms with E-state index in [0.29, 0.717) is 12.5 Å². The second-order valence-electron chi connectivity index (χ2n) is 8.75. The third kappa shape index (κ3) is 3.02. The minimum absolute atomic E-state index is 0.00976. The van der Waals surface area contributed by atoms with Crippen molar-refractivity contribution in [3.63, 3.8) is 0 Å². The molecular weight excluding hydrogens is 306 g/mol. The molecule has 2 aliphatic carbocycles. The summed E-state index contributed by atoms with van der Waals surface area (Å²) in [6, 6.07) is 0. The maximum absolute atomic E-state index is 12.4. The fraction of sp³-hybridized carbons (Fsp3) is 0.842. The van der Waals surface area contributed by atoms with Crippen molar-refractivity contribution in [3.05, 3.63) is 11.6 Å². The molecule has 5 heteroatoms. The Morgan fingerprint density at radius 1 is 1.42 bits per heavy atom. The predicted molar refractivity (Wildman–Crippen MR) is 90.1 cm³/mol. The summed E-state index contributed by atoms with van der Waals surface area (Å²) in [6.07, 6.45) is 6.95. The topological polar surface area (TPSA) is 83.4 Å². The first-order valence-electron chi connectivity index (χ1n) is 9.31. The predicted octanol–water partition coefficient (Wildman–Crippen LogP) is 0.607. The van der Waals surface area contributed by atoms with Crippen LogP contribution in [0.25, 0.3) is 0 Å². The molecule has 2 fully saturated rings. The van der Waals surface area contributed by atoms with Gasteiger partial charge in [0.15, 0.2) is 0 Å². The van der Waals surface area contributed by atoms with E-state index in [1.807, 2.05) is 12.2 Å². The molecular formula is C19H32NO4+. The molecule has 3 rings (SSSR count). The van der Waals surface area contributed by atoms with Crippen LogP contribution in [0.15, 0.2) is 11.6 Å². The van der Waals surface area contributed by atoms with E-state index in [-0.39, 0.29) is 42.5 Å². The molecule has 0 aromatic rings. The number of nitrogens with two attached hydrogens (primary N) is 1. The van der Waals surface area contributed by atoms with Crippen LogP contribution in [0.5, 0.6) is 0 Å². The van der Waals surface area contributed by atoms with Crippen molar-refractivity contribution in [1.82, 2.24) is 0 Å². The lowest BCUT2D eigenvalue weighted by molar-refractivity contribution is -0.731. The van der Waals surface area contributed by atoms with Gasteiger partial charge in [-0.3, -0.25) is 4.79 Å². The zero-order chi connectivity index (χ0) is 17.5. The first kappa shape index (κ1) is 17.9. The van der Waals surface area contributed by atoms with Crippen molar-refractivity contribution in [2.45, 2.75) is 58.1 Å². The molecule has 0 aromatic heterocycles. The molecule has 0 unspecified atom stereocenters. The molecule has 1 saturated heterocycles. The summed E-state index contributed by atoms with van der Waals surface area (Å²) in [4.78, 5) is 12.4. The van der Waals surface area contributed by atoms with E-state index in [0.717, 1.165) is 6.42 Å². The molecule has 0 bridgehead atoms. The van der Waals surface area contributed by atoms with Gasteiger partial charge >= 0.3 is 5.97 Å². The smallest absolute Gasteiger partial charge is 0.315 e. The van der Waals surface area contributed by atoms with Gasteiger partial charge in [0.2, 0.25) is 0 Å². The van der Waals surface area contributed by atoms with Crippen molar-refractivity contribution in [3.8, 4) is 0 Å². The van der Waals surface area contributed by atoms with Gasteiger partial charge in [0.25, 0.3) is 0 Å². The van der Waals surface area contributed by atoms with Gasteiger partial charge in [-0.2, -0.15) is 0 Å². The Morgan fingerprint density at radius 3 is 2.79 bits per heavy atom. The largest absolute Gasteiger partial charge is 0.461 e. The number of quaternary nitrogens is 1. The summed E-state index contributed by atoms with van der Waals surface area (Å²) in [5.41, 5.74) is 1.06. The van der Waals surface area contributed by atoms with Gasteiger partial charge in [-0.15, -0.1) is 0 Å². The molecule has 0 aromatic carbocycles. The van der Waals surface area contributed by atoms with E-state index in [2.05, 4.69) is 19.9 Å². The van der Waals surface area contributed by atoms with Gasteiger partial charge in [-0.05, 0) is 37.5 Å². The van der Waals surface area contributed by atoms with E-state index in [1.54, 1.807) is 0 Å². The summed E-state index contributed by atoms with van der Waals surface area (Å²) in [6.45, 7) is 6.76. The van der Waals surface area contributed by atoms with E-state index in [4.69, 9.17) is 4.74 Å². The van der Waals surface area contributed by atoms with Crippen LogP contribution in [-0.2, 0) is 9.53 Å². The fourth-order valence-corrected chi connectivity index (χ4v) is 4.91.